The van der Waals surface area contributed by atoms with E-state index in [1.807, 2.05) is 30.3 Å². The van der Waals surface area contributed by atoms with Gasteiger partial charge in [-0.15, -0.1) is 0 Å². The maximum Gasteiger partial charge on any atom is 0.295 e. The molecule has 0 aliphatic carbocycles. The standard InChI is InChI=1S/C18H17N3O3/c1-12-15(24-16(20-12)13-8-5-4-6-9-13)18(22)21(2)14-10-7-11-19-17(14)23-3/h4-11H,1-3H3. The van der Waals surface area contributed by atoms with Crippen LogP contribution in [0.3, 0.4) is 0 Å². The second kappa shape index (κ2) is 6.54. The lowest BCUT2D eigenvalue weighted by Gasteiger charge is -2.17. The van der Waals surface area contributed by atoms with E-state index >= 15 is 0 Å². The van der Waals surface area contributed by atoms with Crippen LogP contribution in [-0.4, -0.2) is 30.0 Å². The molecule has 3 aromatic rings. The van der Waals surface area contributed by atoms with Gasteiger partial charge >= 0.3 is 0 Å². The first kappa shape index (κ1) is 15.7. The normalized spacial score (nSPS) is 10.5. The van der Waals surface area contributed by atoms with Gasteiger partial charge in [0.05, 0.1) is 12.8 Å². The SMILES string of the molecule is COc1ncccc1N(C)C(=O)c1oc(-c2ccccc2)nc1C. The van der Waals surface area contributed by atoms with Gasteiger partial charge in [0.25, 0.3) is 5.91 Å². The van der Waals surface area contributed by atoms with Gasteiger partial charge in [0, 0.05) is 18.8 Å². The number of carbonyl (C=O) groups is 1. The third kappa shape index (κ3) is 2.86. The minimum Gasteiger partial charge on any atom is -0.480 e. The zero-order valence-corrected chi connectivity index (χ0v) is 13.7. The Hall–Kier alpha value is -3.15. The number of aryl methyl sites for hydroxylation is 1. The molecule has 0 spiro atoms. The molecule has 0 unspecified atom stereocenters. The van der Waals surface area contributed by atoms with E-state index in [1.54, 1.807) is 32.3 Å². The van der Waals surface area contributed by atoms with Crippen LogP contribution in [0.15, 0.2) is 53.1 Å². The molecule has 0 bridgehead atoms. The average molecular weight is 323 g/mol. The quantitative estimate of drug-likeness (QED) is 0.736. The number of nitrogens with zero attached hydrogens (tertiary/aromatic N) is 3. The van der Waals surface area contributed by atoms with E-state index in [4.69, 9.17) is 9.15 Å². The summed E-state index contributed by atoms with van der Waals surface area (Å²) in [5.41, 5.74) is 1.91. The number of anilines is 1. The van der Waals surface area contributed by atoms with Gasteiger partial charge in [0.1, 0.15) is 5.69 Å². The summed E-state index contributed by atoms with van der Waals surface area (Å²) < 4.78 is 10.9. The van der Waals surface area contributed by atoms with E-state index in [2.05, 4.69) is 9.97 Å². The molecule has 1 aromatic carbocycles. The van der Waals surface area contributed by atoms with Gasteiger partial charge in [-0.2, -0.15) is 0 Å². The van der Waals surface area contributed by atoms with Crippen LogP contribution >= 0.6 is 0 Å². The summed E-state index contributed by atoms with van der Waals surface area (Å²) in [7, 11) is 3.16. The third-order valence-corrected chi connectivity index (χ3v) is 3.62. The van der Waals surface area contributed by atoms with Crippen molar-refractivity contribution in [2.75, 3.05) is 19.1 Å². The molecule has 122 valence electrons. The molecule has 0 aliphatic heterocycles. The Morgan fingerprint density at radius 1 is 1.17 bits per heavy atom. The van der Waals surface area contributed by atoms with Crippen LogP contribution in [0.2, 0.25) is 0 Å². The van der Waals surface area contributed by atoms with Crippen molar-refractivity contribution in [3.63, 3.8) is 0 Å². The first-order valence-electron chi connectivity index (χ1n) is 7.41. The number of rotatable bonds is 4. The van der Waals surface area contributed by atoms with Crippen molar-refractivity contribution in [2.45, 2.75) is 6.92 Å². The summed E-state index contributed by atoms with van der Waals surface area (Å²) in [6.07, 6.45) is 1.61. The Balaban J connectivity index is 1.94. The van der Waals surface area contributed by atoms with Gasteiger partial charge in [-0.25, -0.2) is 9.97 Å². The number of oxazole rings is 1. The van der Waals surface area contributed by atoms with Gasteiger partial charge < -0.3 is 14.1 Å². The van der Waals surface area contributed by atoms with Crippen molar-refractivity contribution in [2.24, 2.45) is 0 Å². The highest BCUT2D eigenvalue weighted by molar-refractivity contribution is 6.05. The lowest BCUT2D eigenvalue weighted by molar-refractivity contribution is 0.0965. The summed E-state index contributed by atoms with van der Waals surface area (Å²) in [5, 5.41) is 0. The summed E-state index contributed by atoms with van der Waals surface area (Å²) in [5.74, 6) is 0.674. The monoisotopic (exact) mass is 323 g/mol. The predicted molar refractivity (Wildman–Crippen MR) is 90.2 cm³/mol. The molecule has 0 atom stereocenters. The molecule has 0 fully saturated rings. The summed E-state index contributed by atoms with van der Waals surface area (Å²) in [4.78, 5) is 22.7. The van der Waals surface area contributed by atoms with Crippen LogP contribution in [0, 0.1) is 6.92 Å². The number of methoxy groups -OCH3 is 1. The summed E-state index contributed by atoms with van der Waals surface area (Å²) in [6.45, 7) is 1.75. The van der Waals surface area contributed by atoms with Gasteiger partial charge in [-0.05, 0) is 31.2 Å². The minimum atomic E-state index is -0.312. The molecule has 0 saturated heterocycles. The van der Waals surface area contributed by atoms with E-state index in [1.165, 1.54) is 12.0 Å². The molecule has 1 amide bonds. The van der Waals surface area contributed by atoms with E-state index in [0.717, 1.165) is 5.56 Å². The summed E-state index contributed by atoms with van der Waals surface area (Å²) >= 11 is 0. The van der Waals surface area contributed by atoms with E-state index < -0.39 is 0 Å². The highest BCUT2D eigenvalue weighted by atomic mass is 16.5. The molecule has 3 rings (SSSR count). The predicted octanol–water partition coefficient (Wildman–Crippen LogP) is 3.33. The number of hydrogen-bond acceptors (Lipinski definition) is 5. The fourth-order valence-corrected chi connectivity index (χ4v) is 2.36. The third-order valence-electron chi connectivity index (χ3n) is 3.62. The topological polar surface area (TPSA) is 68.5 Å². The summed E-state index contributed by atoms with van der Waals surface area (Å²) in [6, 6.07) is 13.0. The van der Waals surface area contributed by atoms with Crippen molar-refractivity contribution in [1.82, 2.24) is 9.97 Å². The number of hydrogen-bond donors (Lipinski definition) is 0. The number of ether oxygens (including phenoxy) is 1. The highest BCUT2D eigenvalue weighted by Crippen LogP contribution is 2.27. The number of pyridine rings is 1. The van der Waals surface area contributed by atoms with Crippen LogP contribution in [-0.2, 0) is 0 Å². The van der Waals surface area contributed by atoms with Crippen molar-refractivity contribution in [1.29, 1.82) is 0 Å². The molecular formula is C18H17N3O3. The molecule has 0 aliphatic rings. The second-order valence-corrected chi connectivity index (χ2v) is 5.20. The van der Waals surface area contributed by atoms with Crippen molar-refractivity contribution >= 4 is 11.6 Å². The maximum atomic E-state index is 12.8. The molecule has 0 saturated carbocycles. The zero-order valence-electron chi connectivity index (χ0n) is 13.7. The van der Waals surface area contributed by atoms with Gasteiger partial charge in [0.15, 0.2) is 0 Å². The molecule has 0 radical (unpaired) electrons. The number of carbonyl (C=O) groups excluding carboxylic acids is 1. The van der Waals surface area contributed by atoms with Crippen LogP contribution in [0.25, 0.3) is 11.5 Å². The van der Waals surface area contributed by atoms with Gasteiger partial charge in [-0.3, -0.25) is 4.79 Å². The number of benzene rings is 1. The molecule has 2 heterocycles. The largest absolute Gasteiger partial charge is 0.480 e. The van der Waals surface area contributed by atoms with Crippen molar-refractivity contribution in [3.8, 4) is 17.3 Å². The smallest absolute Gasteiger partial charge is 0.295 e. The Morgan fingerprint density at radius 3 is 2.62 bits per heavy atom. The van der Waals surface area contributed by atoms with Crippen LogP contribution in [0.4, 0.5) is 5.69 Å². The molecular weight excluding hydrogens is 306 g/mol. The fourth-order valence-electron chi connectivity index (χ4n) is 2.36. The first-order chi connectivity index (χ1) is 11.6. The lowest BCUT2D eigenvalue weighted by Crippen LogP contribution is -2.27. The Bertz CT molecular complexity index is 859. The molecule has 2 aromatic heterocycles. The van der Waals surface area contributed by atoms with Crippen LogP contribution in [0.5, 0.6) is 5.88 Å². The van der Waals surface area contributed by atoms with Crippen LogP contribution < -0.4 is 9.64 Å². The minimum absolute atomic E-state index is 0.197. The Kier molecular flexibility index (Phi) is 4.29. The highest BCUT2D eigenvalue weighted by Gasteiger charge is 2.24. The molecule has 24 heavy (non-hydrogen) atoms. The zero-order chi connectivity index (χ0) is 17.1. The fraction of sp³-hybridized carbons (Fsp3) is 0.167. The average Bonchev–Trinajstić information content (AvgIpc) is 3.03. The first-order valence-corrected chi connectivity index (χ1v) is 7.41. The van der Waals surface area contributed by atoms with E-state index in [0.29, 0.717) is 23.2 Å². The van der Waals surface area contributed by atoms with E-state index in [-0.39, 0.29) is 11.7 Å². The number of amides is 1. The molecule has 0 N–H and O–H groups in total. The Labute approximate surface area is 139 Å². The number of aromatic nitrogens is 2. The van der Waals surface area contributed by atoms with Crippen molar-refractivity contribution in [3.05, 3.63) is 60.1 Å². The van der Waals surface area contributed by atoms with E-state index in [9.17, 15) is 4.79 Å². The second-order valence-electron chi connectivity index (χ2n) is 5.20. The van der Waals surface area contributed by atoms with Crippen LogP contribution in [0.1, 0.15) is 16.2 Å². The van der Waals surface area contributed by atoms with Crippen molar-refractivity contribution < 1.29 is 13.9 Å². The molecule has 6 heteroatoms. The molecule has 6 nitrogen and oxygen atoms in total. The van der Waals surface area contributed by atoms with Gasteiger partial charge in [0.2, 0.25) is 17.5 Å². The Morgan fingerprint density at radius 2 is 1.92 bits per heavy atom. The van der Waals surface area contributed by atoms with Gasteiger partial charge in [-0.1, -0.05) is 18.2 Å². The maximum absolute atomic E-state index is 12.8. The lowest BCUT2D eigenvalue weighted by atomic mass is 10.2.